The van der Waals surface area contributed by atoms with E-state index in [1.807, 2.05) is 11.9 Å². The fourth-order valence-electron chi connectivity index (χ4n) is 2.87. The molecule has 5 nitrogen and oxygen atoms in total. The Hall–Kier alpha value is -0.650. The highest BCUT2D eigenvalue weighted by molar-refractivity contribution is 5.76. The van der Waals surface area contributed by atoms with Gasteiger partial charge in [-0.3, -0.25) is 4.79 Å². The van der Waals surface area contributed by atoms with E-state index in [0.717, 1.165) is 26.1 Å². The fourth-order valence-corrected chi connectivity index (χ4v) is 2.87. The number of carbonyl (C=O) groups excluding carboxylic acids is 1. The molecule has 1 saturated heterocycles. The van der Waals surface area contributed by atoms with Gasteiger partial charge in [0.2, 0.25) is 5.91 Å². The van der Waals surface area contributed by atoms with E-state index in [2.05, 4.69) is 18.7 Å². The highest BCUT2D eigenvalue weighted by atomic mass is 16.5. The molecule has 1 amide bonds. The van der Waals surface area contributed by atoms with Crippen molar-refractivity contribution in [3.63, 3.8) is 0 Å². The topological polar surface area (TPSA) is 58.8 Å². The van der Waals surface area contributed by atoms with Crippen LogP contribution in [0.5, 0.6) is 0 Å². The summed E-state index contributed by atoms with van der Waals surface area (Å²) in [7, 11) is 3.52. The number of nitrogens with zero attached hydrogens (tertiary/aromatic N) is 2. The van der Waals surface area contributed by atoms with Gasteiger partial charge in [0.15, 0.2) is 0 Å². The van der Waals surface area contributed by atoms with E-state index < -0.39 is 0 Å². The molecule has 3 unspecified atom stereocenters. The van der Waals surface area contributed by atoms with Crippen LogP contribution in [0.2, 0.25) is 0 Å². The van der Waals surface area contributed by atoms with E-state index in [1.54, 1.807) is 7.11 Å². The summed E-state index contributed by atoms with van der Waals surface area (Å²) in [6.07, 6.45) is 1.27. The van der Waals surface area contributed by atoms with Gasteiger partial charge in [0.25, 0.3) is 0 Å². The van der Waals surface area contributed by atoms with Crippen molar-refractivity contribution < 1.29 is 9.53 Å². The van der Waals surface area contributed by atoms with E-state index in [1.165, 1.54) is 0 Å². The lowest BCUT2D eigenvalue weighted by atomic mass is 9.92. The first-order valence-electron chi connectivity index (χ1n) is 7.24. The van der Waals surface area contributed by atoms with Crippen LogP contribution < -0.4 is 5.73 Å². The number of hydrogen-bond acceptors (Lipinski definition) is 4. The van der Waals surface area contributed by atoms with Crippen molar-refractivity contribution >= 4 is 5.91 Å². The van der Waals surface area contributed by atoms with Gasteiger partial charge < -0.3 is 20.3 Å². The zero-order valence-corrected chi connectivity index (χ0v) is 12.8. The van der Waals surface area contributed by atoms with Gasteiger partial charge in [0.1, 0.15) is 0 Å². The average Bonchev–Trinajstić information content (AvgIpc) is 2.43. The lowest BCUT2D eigenvalue weighted by Crippen LogP contribution is -2.51. The largest absolute Gasteiger partial charge is 0.380 e. The van der Waals surface area contributed by atoms with Gasteiger partial charge >= 0.3 is 0 Å². The number of ether oxygens (including phenoxy) is 1. The summed E-state index contributed by atoms with van der Waals surface area (Å²) in [6, 6.07) is 0.339. The monoisotopic (exact) mass is 271 g/mol. The molecule has 0 aliphatic carbocycles. The maximum atomic E-state index is 12.2. The zero-order chi connectivity index (χ0) is 14.4. The van der Waals surface area contributed by atoms with Crippen LogP contribution in [-0.4, -0.2) is 68.2 Å². The summed E-state index contributed by atoms with van der Waals surface area (Å²) < 4.78 is 5.19. The molecule has 0 aromatic rings. The summed E-state index contributed by atoms with van der Waals surface area (Å²) in [6.45, 7) is 8.05. The molecular weight excluding hydrogens is 242 g/mol. The molecule has 1 heterocycles. The number of piperidine rings is 1. The van der Waals surface area contributed by atoms with Crippen molar-refractivity contribution in [1.82, 2.24) is 9.80 Å². The van der Waals surface area contributed by atoms with Crippen molar-refractivity contribution in [2.45, 2.75) is 38.8 Å². The first kappa shape index (κ1) is 16.4. The zero-order valence-electron chi connectivity index (χ0n) is 12.8. The lowest BCUT2D eigenvalue weighted by molar-refractivity contribution is -0.136. The Bertz CT molecular complexity index is 282. The quantitative estimate of drug-likeness (QED) is 0.766. The van der Waals surface area contributed by atoms with Gasteiger partial charge in [-0.2, -0.15) is 0 Å². The molecule has 3 atom stereocenters. The van der Waals surface area contributed by atoms with Crippen LogP contribution in [-0.2, 0) is 9.53 Å². The summed E-state index contributed by atoms with van der Waals surface area (Å²) in [5.41, 5.74) is 5.57. The number of methoxy groups -OCH3 is 1. The van der Waals surface area contributed by atoms with Gasteiger partial charge in [-0.25, -0.2) is 0 Å². The van der Waals surface area contributed by atoms with Gasteiger partial charge in [0.05, 0.1) is 12.5 Å². The Labute approximate surface area is 117 Å². The van der Waals surface area contributed by atoms with Gasteiger partial charge in [-0.15, -0.1) is 0 Å². The number of nitrogens with two attached hydrogens (primary N) is 1. The summed E-state index contributed by atoms with van der Waals surface area (Å²) in [4.78, 5) is 16.6. The second-order valence-corrected chi connectivity index (χ2v) is 5.53. The Morgan fingerprint density at radius 2 is 2.26 bits per heavy atom. The summed E-state index contributed by atoms with van der Waals surface area (Å²) in [5.74, 6) is 0.653. The van der Waals surface area contributed by atoms with Crippen molar-refractivity contribution in [2.24, 2.45) is 11.7 Å². The van der Waals surface area contributed by atoms with Crippen LogP contribution in [0, 0.1) is 5.92 Å². The van der Waals surface area contributed by atoms with Gasteiger partial charge in [-0.1, -0.05) is 13.8 Å². The maximum absolute atomic E-state index is 12.2. The van der Waals surface area contributed by atoms with Crippen molar-refractivity contribution in [1.29, 1.82) is 0 Å². The van der Waals surface area contributed by atoms with E-state index in [0.29, 0.717) is 24.9 Å². The Morgan fingerprint density at radius 1 is 1.58 bits per heavy atom. The minimum atomic E-state index is -0.166. The van der Waals surface area contributed by atoms with Gasteiger partial charge in [0, 0.05) is 39.8 Å². The molecule has 1 fully saturated rings. The second kappa shape index (κ2) is 7.82. The first-order valence-corrected chi connectivity index (χ1v) is 7.24. The third kappa shape index (κ3) is 4.44. The molecule has 0 bridgehead atoms. The second-order valence-electron chi connectivity index (χ2n) is 5.53. The first-order chi connectivity index (χ1) is 9.03. The molecule has 1 rings (SSSR count). The third-order valence-electron chi connectivity index (χ3n) is 4.28. The molecule has 2 N–H and O–H groups in total. The molecule has 0 aromatic heterocycles. The minimum absolute atomic E-state index is 0.138. The van der Waals surface area contributed by atoms with Crippen LogP contribution in [0.3, 0.4) is 0 Å². The Kier molecular flexibility index (Phi) is 6.75. The van der Waals surface area contributed by atoms with E-state index in [4.69, 9.17) is 10.5 Å². The van der Waals surface area contributed by atoms with Crippen LogP contribution in [0.4, 0.5) is 0 Å². The number of likely N-dealkylation sites (tertiary alicyclic amines) is 1. The van der Waals surface area contributed by atoms with Crippen molar-refractivity contribution in [3.05, 3.63) is 0 Å². The van der Waals surface area contributed by atoms with Crippen molar-refractivity contribution in [2.75, 3.05) is 40.3 Å². The highest BCUT2D eigenvalue weighted by Crippen LogP contribution is 2.21. The number of rotatable bonds is 6. The predicted molar refractivity (Wildman–Crippen MR) is 76.9 cm³/mol. The highest BCUT2D eigenvalue weighted by Gasteiger charge is 2.31. The average molecular weight is 271 g/mol. The Morgan fingerprint density at radius 3 is 2.74 bits per heavy atom. The minimum Gasteiger partial charge on any atom is -0.380 e. The maximum Gasteiger partial charge on any atom is 0.225 e. The Balaban J connectivity index is 2.52. The third-order valence-corrected chi connectivity index (χ3v) is 4.28. The molecule has 1 aliphatic rings. The number of carbonyl (C=O) groups is 1. The molecule has 5 heteroatoms. The summed E-state index contributed by atoms with van der Waals surface area (Å²) >= 11 is 0. The van der Waals surface area contributed by atoms with Crippen molar-refractivity contribution in [3.8, 4) is 0 Å². The number of hydrogen-bond donors (Lipinski definition) is 1. The smallest absolute Gasteiger partial charge is 0.225 e. The van der Waals surface area contributed by atoms with E-state index in [-0.39, 0.29) is 12.0 Å². The van der Waals surface area contributed by atoms with E-state index >= 15 is 0 Å². The molecule has 0 radical (unpaired) electrons. The predicted octanol–water partition coefficient (Wildman–Crippen LogP) is 0.539. The molecule has 112 valence electrons. The van der Waals surface area contributed by atoms with Crippen LogP contribution >= 0.6 is 0 Å². The standard InChI is InChI=1S/C14H29N3O2/c1-5-17-7-6-13(11(2)10-17)16(3)14(18)8-12(9-15)19-4/h11-13H,5-10,15H2,1-4H3. The normalized spacial score (nSPS) is 26.2. The van der Waals surface area contributed by atoms with Crippen LogP contribution in [0.25, 0.3) is 0 Å². The van der Waals surface area contributed by atoms with Crippen LogP contribution in [0.15, 0.2) is 0 Å². The molecule has 0 aromatic carbocycles. The number of amides is 1. The molecule has 0 saturated carbocycles. The SMILES string of the molecule is CCN1CCC(N(C)C(=O)CC(CN)OC)C(C)C1. The molecule has 0 spiro atoms. The van der Waals surface area contributed by atoms with E-state index in [9.17, 15) is 4.79 Å². The molecule has 19 heavy (non-hydrogen) atoms. The van der Waals surface area contributed by atoms with Gasteiger partial charge in [-0.05, 0) is 18.9 Å². The molecule has 1 aliphatic heterocycles. The lowest BCUT2D eigenvalue weighted by Gasteiger charge is -2.41. The summed E-state index contributed by atoms with van der Waals surface area (Å²) in [5, 5.41) is 0. The van der Waals surface area contributed by atoms with Crippen LogP contribution in [0.1, 0.15) is 26.7 Å². The fraction of sp³-hybridized carbons (Fsp3) is 0.929. The molecular formula is C14H29N3O2.